The standard InChI is InChI=1S/C29H28BrNO5/c1-16-26(29(33)36-19-9-5-6-10-19)27(20-13-24-25(14-21(20)30)35-15-34-24)28-22(31-16)11-18(12-23(28)32)17-7-3-2-4-8-17/h2-4,7-8,13-14,18-19,26-27,31H,1,5-6,9-12,15H2. The first-order valence-corrected chi connectivity index (χ1v) is 13.4. The zero-order chi connectivity index (χ0) is 24.8. The first-order chi connectivity index (χ1) is 17.5. The maximum Gasteiger partial charge on any atom is 0.316 e. The number of halogens is 1. The molecule has 0 radical (unpaired) electrons. The number of rotatable bonds is 4. The third-order valence-corrected chi connectivity index (χ3v) is 8.46. The first kappa shape index (κ1) is 23.3. The molecule has 0 aromatic heterocycles. The molecule has 6 nitrogen and oxygen atoms in total. The topological polar surface area (TPSA) is 73.9 Å². The molecule has 36 heavy (non-hydrogen) atoms. The van der Waals surface area contributed by atoms with Crippen molar-refractivity contribution in [2.75, 3.05) is 6.79 Å². The quantitative estimate of drug-likeness (QED) is 0.480. The highest BCUT2D eigenvalue weighted by Crippen LogP contribution is 2.51. The molecule has 2 heterocycles. The highest BCUT2D eigenvalue weighted by atomic mass is 79.9. The van der Waals surface area contributed by atoms with Gasteiger partial charge in [0.25, 0.3) is 0 Å². The number of ketones is 1. The summed E-state index contributed by atoms with van der Waals surface area (Å²) in [4.78, 5) is 27.4. The van der Waals surface area contributed by atoms with Crippen LogP contribution in [0.3, 0.4) is 0 Å². The van der Waals surface area contributed by atoms with Crippen molar-refractivity contribution in [2.24, 2.45) is 5.92 Å². The van der Waals surface area contributed by atoms with Crippen molar-refractivity contribution in [1.29, 1.82) is 0 Å². The molecule has 7 heteroatoms. The second kappa shape index (κ2) is 9.43. The average Bonchev–Trinajstić information content (AvgIpc) is 3.54. The third kappa shape index (κ3) is 4.13. The molecule has 0 spiro atoms. The Morgan fingerprint density at radius 3 is 2.53 bits per heavy atom. The number of carbonyl (C=O) groups excluding carboxylic acids is 2. The normalized spacial score (nSPS) is 25.5. The summed E-state index contributed by atoms with van der Waals surface area (Å²) in [6.45, 7) is 4.40. The zero-order valence-corrected chi connectivity index (χ0v) is 21.5. The Bertz CT molecular complexity index is 1260. The maximum atomic E-state index is 13.8. The third-order valence-electron chi connectivity index (χ3n) is 7.78. The highest BCUT2D eigenvalue weighted by Gasteiger charge is 2.47. The number of carbonyl (C=O) groups is 2. The lowest BCUT2D eigenvalue weighted by molar-refractivity contribution is -0.153. The minimum Gasteiger partial charge on any atom is -0.462 e. The molecule has 0 saturated heterocycles. The van der Waals surface area contributed by atoms with E-state index in [1.807, 2.05) is 30.3 Å². The maximum absolute atomic E-state index is 13.8. The van der Waals surface area contributed by atoms with Crippen molar-refractivity contribution in [2.45, 2.75) is 56.5 Å². The summed E-state index contributed by atoms with van der Waals surface area (Å²) in [6.07, 6.45) is 4.87. The van der Waals surface area contributed by atoms with Crippen LogP contribution >= 0.6 is 15.9 Å². The SMILES string of the molecule is C=C1NC2=C(C(=O)CC(c3ccccc3)C2)C(c2cc3c(cc2Br)OCO3)C1C(=O)OC1CCCC1. The van der Waals surface area contributed by atoms with Crippen LogP contribution < -0.4 is 14.8 Å². The second-order valence-electron chi connectivity index (χ2n) is 10.0. The van der Waals surface area contributed by atoms with Gasteiger partial charge in [-0.2, -0.15) is 0 Å². The van der Waals surface area contributed by atoms with Crippen LogP contribution in [0.25, 0.3) is 0 Å². The van der Waals surface area contributed by atoms with Crippen molar-refractivity contribution < 1.29 is 23.8 Å². The van der Waals surface area contributed by atoms with Crippen LogP contribution in [0.1, 0.15) is 61.5 Å². The van der Waals surface area contributed by atoms with Crippen LogP contribution in [0.5, 0.6) is 11.5 Å². The van der Waals surface area contributed by atoms with Crippen LogP contribution in [0.4, 0.5) is 0 Å². The van der Waals surface area contributed by atoms with Gasteiger partial charge < -0.3 is 19.5 Å². The largest absolute Gasteiger partial charge is 0.462 e. The van der Waals surface area contributed by atoms with Crippen LogP contribution in [-0.4, -0.2) is 24.6 Å². The molecule has 186 valence electrons. The van der Waals surface area contributed by atoms with Gasteiger partial charge in [0.05, 0.1) is 0 Å². The Kier molecular flexibility index (Phi) is 6.12. The Hall–Kier alpha value is -3.06. The van der Waals surface area contributed by atoms with E-state index in [4.69, 9.17) is 14.2 Å². The second-order valence-corrected chi connectivity index (χ2v) is 10.9. The lowest BCUT2D eigenvalue weighted by Gasteiger charge is -2.40. The van der Waals surface area contributed by atoms with Crippen molar-refractivity contribution >= 4 is 27.7 Å². The van der Waals surface area contributed by atoms with Crippen LogP contribution in [0.2, 0.25) is 0 Å². The monoisotopic (exact) mass is 549 g/mol. The van der Waals surface area contributed by atoms with Gasteiger partial charge in [0.1, 0.15) is 12.0 Å². The Balaban J connectivity index is 1.43. The number of fused-ring (bicyclic) bond motifs is 1. The lowest BCUT2D eigenvalue weighted by atomic mass is 9.69. The summed E-state index contributed by atoms with van der Waals surface area (Å²) in [7, 11) is 0. The van der Waals surface area contributed by atoms with Crippen LogP contribution in [0, 0.1) is 5.92 Å². The molecule has 1 N–H and O–H groups in total. The van der Waals surface area contributed by atoms with Gasteiger partial charge in [-0.15, -0.1) is 0 Å². The van der Waals surface area contributed by atoms with E-state index in [9.17, 15) is 9.59 Å². The summed E-state index contributed by atoms with van der Waals surface area (Å²) in [5, 5.41) is 3.37. The van der Waals surface area contributed by atoms with Gasteiger partial charge in [-0.05, 0) is 61.3 Å². The number of ether oxygens (including phenoxy) is 3. The van der Waals surface area contributed by atoms with Gasteiger partial charge in [-0.25, -0.2) is 0 Å². The van der Waals surface area contributed by atoms with Crippen molar-refractivity contribution in [3.8, 4) is 11.5 Å². The molecule has 6 rings (SSSR count). The number of hydrogen-bond acceptors (Lipinski definition) is 6. The fraction of sp³-hybridized carbons (Fsp3) is 0.379. The summed E-state index contributed by atoms with van der Waals surface area (Å²) in [6, 6.07) is 13.8. The Morgan fingerprint density at radius 1 is 1.06 bits per heavy atom. The average molecular weight is 550 g/mol. The Morgan fingerprint density at radius 2 is 1.78 bits per heavy atom. The molecule has 0 bridgehead atoms. The molecule has 2 aliphatic heterocycles. The van der Waals surface area contributed by atoms with E-state index in [2.05, 4.69) is 40.0 Å². The Labute approximate surface area is 218 Å². The number of Topliss-reactive ketones (excluding diaryl/α,β-unsaturated/α-hetero) is 1. The fourth-order valence-electron chi connectivity index (χ4n) is 6.04. The zero-order valence-electron chi connectivity index (χ0n) is 19.9. The number of benzene rings is 2. The minimum atomic E-state index is -0.724. The van der Waals surface area contributed by atoms with Gasteiger partial charge in [0.15, 0.2) is 17.3 Å². The van der Waals surface area contributed by atoms with Gasteiger partial charge in [0, 0.05) is 33.8 Å². The summed E-state index contributed by atoms with van der Waals surface area (Å²) in [5.74, 6) is -0.240. The summed E-state index contributed by atoms with van der Waals surface area (Å²) in [5.41, 5.74) is 3.97. The van der Waals surface area contributed by atoms with E-state index in [1.165, 1.54) is 0 Å². The molecule has 2 aromatic rings. The fourth-order valence-corrected chi connectivity index (χ4v) is 6.61. The smallest absolute Gasteiger partial charge is 0.316 e. The number of hydrogen-bond donors (Lipinski definition) is 1. The minimum absolute atomic E-state index is 0.0401. The van der Waals surface area contributed by atoms with Crippen molar-refractivity contribution in [1.82, 2.24) is 5.32 Å². The molecule has 0 amide bonds. The lowest BCUT2D eigenvalue weighted by Crippen LogP contribution is -2.42. The molecular weight excluding hydrogens is 522 g/mol. The number of allylic oxidation sites excluding steroid dienone is 2. The number of esters is 1. The predicted molar refractivity (Wildman–Crippen MR) is 138 cm³/mol. The van der Waals surface area contributed by atoms with E-state index in [0.717, 1.165) is 47.0 Å². The highest BCUT2D eigenvalue weighted by molar-refractivity contribution is 9.10. The van der Waals surface area contributed by atoms with Gasteiger partial charge >= 0.3 is 5.97 Å². The van der Waals surface area contributed by atoms with Crippen molar-refractivity contribution in [3.63, 3.8) is 0 Å². The van der Waals surface area contributed by atoms with Crippen LogP contribution in [0.15, 0.2) is 70.5 Å². The molecule has 3 unspecified atom stereocenters. The van der Waals surface area contributed by atoms with E-state index in [0.29, 0.717) is 35.6 Å². The van der Waals surface area contributed by atoms with E-state index in [-0.39, 0.29) is 30.6 Å². The number of nitrogens with one attached hydrogen (secondary N) is 1. The van der Waals surface area contributed by atoms with Gasteiger partial charge in [0.2, 0.25) is 6.79 Å². The molecule has 2 aromatic carbocycles. The molecule has 4 aliphatic rings. The van der Waals surface area contributed by atoms with E-state index in [1.54, 1.807) is 0 Å². The first-order valence-electron chi connectivity index (χ1n) is 12.6. The summed E-state index contributed by atoms with van der Waals surface area (Å²) >= 11 is 3.68. The molecule has 1 saturated carbocycles. The van der Waals surface area contributed by atoms with Crippen molar-refractivity contribution in [3.05, 3.63) is 81.6 Å². The van der Waals surface area contributed by atoms with Crippen LogP contribution in [-0.2, 0) is 14.3 Å². The summed E-state index contributed by atoms with van der Waals surface area (Å²) < 4.78 is 17.9. The van der Waals surface area contributed by atoms with E-state index >= 15 is 0 Å². The molecule has 2 aliphatic carbocycles. The van der Waals surface area contributed by atoms with E-state index < -0.39 is 11.8 Å². The molecule has 1 fully saturated rings. The predicted octanol–water partition coefficient (Wildman–Crippen LogP) is 5.88. The van der Waals surface area contributed by atoms with Gasteiger partial charge in [-0.1, -0.05) is 52.8 Å². The molecule has 3 atom stereocenters. The van der Waals surface area contributed by atoms with Gasteiger partial charge in [-0.3, -0.25) is 9.59 Å². The molecular formula is C29H28BrNO5.